The van der Waals surface area contributed by atoms with Crippen LogP contribution in [0, 0.1) is 23.2 Å². The molecule has 3 aliphatic carbocycles. The van der Waals surface area contributed by atoms with Gasteiger partial charge in [-0.05, 0) is 36.3 Å². The number of aldehydes is 1. The maximum atomic E-state index is 12.8. The first kappa shape index (κ1) is 13.0. The Morgan fingerprint density at radius 1 is 1.14 bits per heavy atom. The zero-order valence-electron chi connectivity index (χ0n) is 12.1. The van der Waals surface area contributed by atoms with E-state index in [-0.39, 0.29) is 17.3 Å². The third kappa shape index (κ3) is 1.65. The zero-order chi connectivity index (χ0) is 14.4. The smallest absolute Gasteiger partial charge is 0.140 e. The second kappa shape index (κ2) is 4.66. The Bertz CT molecular complexity index is 616. The molecule has 2 unspecified atom stereocenters. The third-order valence-electron chi connectivity index (χ3n) is 5.89. The molecule has 0 amide bonds. The normalized spacial score (nSPS) is 37.8. The summed E-state index contributed by atoms with van der Waals surface area (Å²) in [6, 6.07) is 10.3. The molecular weight excluding hydrogens is 260 g/mol. The van der Waals surface area contributed by atoms with E-state index in [9.17, 15) is 9.59 Å². The molecule has 108 valence electrons. The van der Waals surface area contributed by atoms with Crippen molar-refractivity contribution >= 4 is 17.6 Å². The van der Waals surface area contributed by atoms with Crippen LogP contribution >= 0.6 is 0 Å². The van der Waals surface area contributed by atoms with Gasteiger partial charge in [0.1, 0.15) is 12.1 Å². The summed E-state index contributed by atoms with van der Waals surface area (Å²) in [6.07, 6.45) is 8.20. The minimum absolute atomic E-state index is 0.0814. The fourth-order valence-electron chi connectivity index (χ4n) is 4.96. The molecule has 1 aromatic rings. The summed E-state index contributed by atoms with van der Waals surface area (Å²) < 4.78 is 0. The first-order valence-electron chi connectivity index (χ1n) is 8.04. The second-order valence-electron chi connectivity index (χ2n) is 6.70. The van der Waals surface area contributed by atoms with Crippen LogP contribution in [0.25, 0.3) is 5.57 Å². The van der Waals surface area contributed by atoms with Crippen molar-refractivity contribution in [1.82, 2.24) is 0 Å². The van der Waals surface area contributed by atoms with Crippen molar-refractivity contribution in [2.45, 2.75) is 32.1 Å². The predicted molar refractivity (Wildman–Crippen MR) is 81.5 cm³/mol. The van der Waals surface area contributed by atoms with Gasteiger partial charge < -0.3 is 4.79 Å². The molecule has 4 atom stereocenters. The van der Waals surface area contributed by atoms with Gasteiger partial charge >= 0.3 is 0 Å². The molecular formula is C19H20O2. The number of ketones is 1. The fraction of sp³-hybridized carbons (Fsp3) is 0.474. The molecule has 21 heavy (non-hydrogen) atoms. The maximum Gasteiger partial charge on any atom is 0.140 e. The lowest BCUT2D eigenvalue weighted by molar-refractivity contribution is -0.128. The third-order valence-corrected chi connectivity index (χ3v) is 5.89. The van der Waals surface area contributed by atoms with Crippen molar-refractivity contribution in [1.29, 1.82) is 0 Å². The minimum atomic E-state index is -0.349. The van der Waals surface area contributed by atoms with Crippen molar-refractivity contribution in [3.05, 3.63) is 42.0 Å². The maximum absolute atomic E-state index is 12.8. The highest BCUT2D eigenvalue weighted by atomic mass is 16.1. The van der Waals surface area contributed by atoms with E-state index >= 15 is 0 Å². The topological polar surface area (TPSA) is 34.1 Å². The van der Waals surface area contributed by atoms with Gasteiger partial charge in [-0.2, -0.15) is 0 Å². The lowest BCUT2D eigenvalue weighted by atomic mass is 9.73. The summed E-state index contributed by atoms with van der Waals surface area (Å²) in [7, 11) is 0. The zero-order valence-corrected chi connectivity index (χ0v) is 12.1. The summed E-state index contributed by atoms with van der Waals surface area (Å²) in [5, 5.41) is 0. The molecule has 3 aliphatic rings. The van der Waals surface area contributed by atoms with Crippen molar-refractivity contribution < 1.29 is 9.59 Å². The van der Waals surface area contributed by atoms with Crippen molar-refractivity contribution in [2.24, 2.45) is 23.2 Å². The van der Waals surface area contributed by atoms with Gasteiger partial charge in [0.2, 0.25) is 0 Å². The lowest BCUT2D eigenvalue weighted by Crippen LogP contribution is -2.29. The molecule has 0 aliphatic heterocycles. The van der Waals surface area contributed by atoms with Crippen LogP contribution in [0.3, 0.4) is 0 Å². The molecule has 2 saturated carbocycles. The number of carbonyl (C=O) groups is 2. The number of allylic oxidation sites excluding steroid dienone is 2. The Balaban J connectivity index is 1.80. The molecule has 0 bridgehead atoms. The highest BCUT2D eigenvalue weighted by Crippen LogP contribution is 2.72. The summed E-state index contributed by atoms with van der Waals surface area (Å²) in [6.45, 7) is 0. The molecule has 2 nitrogen and oxygen atoms in total. The Morgan fingerprint density at radius 3 is 2.71 bits per heavy atom. The van der Waals surface area contributed by atoms with Gasteiger partial charge in [0.05, 0.1) is 0 Å². The highest BCUT2D eigenvalue weighted by Gasteiger charge is 2.73. The van der Waals surface area contributed by atoms with E-state index < -0.39 is 0 Å². The average molecular weight is 280 g/mol. The first-order valence-corrected chi connectivity index (χ1v) is 8.04. The van der Waals surface area contributed by atoms with Crippen molar-refractivity contribution in [2.75, 3.05) is 0 Å². The van der Waals surface area contributed by atoms with Crippen molar-refractivity contribution in [3.8, 4) is 0 Å². The van der Waals surface area contributed by atoms with Gasteiger partial charge in [-0.25, -0.2) is 0 Å². The van der Waals surface area contributed by atoms with Crippen molar-refractivity contribution in [3.63, 3.8) is 0 Å². The van der Waals surface area contributed by atoms with E-state index in [0.717, 1.165) is 32.0 Å². The Kier molecular flexibility index (Phi) is 2.88. The van der Waals surface area contributed by atoms with Crippen LogP contribution in [0.5, 0.6) is 0 Å². The van der Waals surface area contributed by atoms with Gasteiger partial charge in [0.25, 0.3) is 0 Å². The van der Waals surface area contributed by atoms with E-state index in [2.05, 4.69) is 18.2 Å². The van der Waals surface area contributed by atoms with Gasteiger partial charge in [0.15, 0.2) is 0 Å². The predicted octanol–water partition coefficient (Wildman–Crippen LogP) is 3.66. The van der Waals surface area contributed by atoms with E-state index in [4.69, 9.17) is 0 Å². The van der Waals surface area contributed by atoms with Crippen LogP contribution in [-0.4, -0.2) is 12.1 Å². The Labute approximate surface area is 125 Å². The van der Waals surface area contributed by atoms with Gasteiger partial charge in [-0.3, -0.25) is 4.79 Å². The number of benzene rings is 1. The number of Topliss-reactive ketones (excluding diaryl/α,β-unsaturated/α-hetero) is 1. The molecule has 2 heteroatoms. The Hall–Kier alpha value is -1.70. The number of hydrogen-bond acceptors (Lipinski definition) is 2. The fourth-order valence-corrected chi connectivity index (χ4v) is 4.96. The second-order valence-corrected chi connectivity index (χ2v) is 6.70. The highest BCUT2D eigenvalue weighted by molar-refractivity contribution is 5.99. The van der Waals surface area contributed by atoms with Gasteiger partial charge in [0, 0.05) is 23.7 Å². The molecule has 4 rings (SSSR count). The van der Waals surface area contributed by atoms with E-state index in [1.54, 1.807) is 0 Å². The van der Waals surface area contributed by atoms with Crippen LogP contribution < -0.4 is 0 Å². The lowest BCUT2D eigenvalue weighted by Gasteiger charge is -2.29. The average Bonchev–Trinajstić information content (AvgIpc) is 3.24. The molecule has 0 aromatic heterocycles. The molecule has 0 radical (unpaired) electrons. The van der Waals surface area contributed by atoms with Gasteiger partial charge in [-0.15, -0.1) is 0 Å². The van der Waals surface area contributed by atoms with Crippen LogP contribution in [0.2, 0.25) is 0 Å². The minimum Gasteiger partial charge on any atom is -0.303 e. The van der Waals surface area contributed by atoms with Gasteiger partial charge in [-0.1, -0.05) is 42.8 Å². The number of rotatable bonds is 2. The Morgan fingerprint density at radius 2 is 1.95 bits per heavy atom. The largest absolute Gasteiger partial charge is 0.303 e. The molecule has 0 saturated heterocycles. The molecule has 2 fully saturated rings. The summed E-state index contributed by atoms with van der Waals surface area (Å²) >= 11 is 0. The number of hydrogen-bond donors (Lipinski definition) is 0. The first-order chi connectivity index (χ1) is 10.3. The standard InChI is InChI=1S/C19H20O2/c20-12-16-18-15(13-6-2-1-3-7-13)11-10-14-8-4-5-9-17(21)19(14,16)18/h1-3,6-7,11-12,14,16,18H,4-5,8-10H2/t14-,16-,18?,19?/m1/s1. The SMILES string of the molecule is O=C[C@@H]1C2C(c3ccccc3)=CC[C@H]3CCCCC(=O)C231. The molecule has 0 heterocycles. The van der Waals surface area contributed by atoms with E-state index in [1.165, 1.54) is 11.1 Å². The summed E-state index contributed by atoms with van der Waals surface area (Å²) in [4.78, 5) is 24.4. The quantitative estimate of drug-likeness (QED) is 0.775. The van der Waals surface area contributed by atoms with Crippen LogP contribution in [0.15, 0.2) is 36.4 Å². The molecule has 1 aromatic carbocycles. The van der Waals surface area contributed by atoms with Crippen LogP contribution in [0.1, 0.15) is 37.7 Å². The van der Waals surface area contributed by atoms with E-state index in [1.807, 2.05) is 18.2 Å². The van der Waals surface area contributed by atoms with Crippen LogP contribution in [0.4, 0.5) is 0 Å². The van der Waals surface area contributed by atoms with E-state index in [0.29, 0.717) is 18.1 Å². The monoisotopic (exact) mass is 280 g/mol. The number of carbonyl (C=O) groups excluding carboxylic acids is 2. The summed E-state index contributed by atoms with van der Waals surface area (Å²) in [5.41, 5.74) is 2.07. The molecule has 1 spiro atoms. The summed E-state index contributed by atoms with van der Waals surface area (Å²) in [5.74, 6) is 0.803. The molecule has 0 N–H and O–H groups in total. The van der Waals surface area contributed by atoms with Crippen LogP contribution in [-0.2, 0) is 9.59 Å².